The van der Waals surface area contributed by atoms with Gasteiger partial charge in [0, 0.05) is 12.6 Å². The molecular weight excluding hydrogens is 220 g/mol. The molecular formula is C12H12N2OS. The Labute approximate surface area is 98.2 Å². The van der Waals surface area contributed by atoms with Crippen molar-refractivity contribution < 1.29 is 4.79 Å². The number of nitrogens with one attached hydrogen (secondary N) is 1. The van der Waals surface area contributed by atoms with Gasteiger partial charge in [0.05, 0.1) is 10.6 Å². The van der Waals surface area contributed by atoms with Crippen LogP contribution in [-0.4, -0.2) is 18.3 Å². The number of anilines is 1. The number of aromatic nitrogens is 1. The second kappa shape index (κ2) is 4.45. The van der Waals surface area contributed by atoms with E-state index in [0.29, 0.717) is 5.56 Å². The van der Waals surface area contributed by atoms with Gasteiger partial charge in [0.15, 0.2) is 5.13 Å². The van der Waals surface area contributed by atoms with E-state index in [1.807, 2.05) is 32.2 Å². The van der Waals surface area contributed by atoms with Crippen LogP contribution in [0, 0.1) is 6.92 Å². The standard InChI is InChI=1S/C12H12N2OS/c1-8-11(16-12(13-2)14-8)10-5-3-4-9(6-10)7-15/h3-7H,1-2H3,(H,13,14). The average molecular weight is 232 g/mol. The molecule has 4 heteroatoms. The molecule has 0 aliphatic carbocycles. The Hall–Kier alpha value is -1.68. The molecule has 0 atom stereocenters. The molecule has 0 unspecified atom stereocenters. The SMILES string of the molecule is CNc1nc(C)c(-c2cccc(C=O)c2)s1. The summed E-state index contributed by atoms with van der Waals surface area (Å²) in [6.45, 7) is 1.97. The Morgan fingerprint density at radius 2 is 2.25 bits per heavy atom. The quantitative estimate of drug-likeness (QED) is 0.827. The summed E-state index contributed by atoms with van der Waals surface area (Å²) in [7, 11) is 1.85. The molecule has 3 nitrogen and oxygen atoms in total. The summed E-state index contributed by atoms with van der Waals surface area (Å²) in [4.78, 5) is 16.2. The highest BCUT2D eigenvalue weighted by atomic mass is 32.1. The number of rotatable bonds is 3. The number of benzene rings is 1. The molecule has 0 saturated heterocycles. The summed E-state index contributed by atoms with van der Waals surface area (Å²) in [6, 6.07) is 7.56. The smallest absolute Gasteiger partial charge is 0.183 e. The van der Waals surface area contributed by atoms with E-state index in [-0.39, 0.29) is 0 Å². The first-order valence-corrected chi connectivity index (χ1v) is 5.77. The predicted molar refractivity (Wildman–Crippen MR) is 67.2 cm³/mol. The van der Waals surface area contributed by atoms with Crippen LogP contribution in [0.3, 0.4) is 0 Å². The molecule has 0 amide bonds. The molecule has 0 aliphatic rings. The second-order valence-electron chi connectivity index (χ2n) is 3.43. The van der Waals surface area contributed by atoms with Crippen LogP contribution in [0.4, 0.5) is 5.13 Å². The normalized spacial score (nSPS) is 10.1. The van der Waals surface area contributed by atoms with E-state index in [1.165, 1.54) is 0 Å². The first-order chi connectivity index (χ1) is 7.74. The molecule has 82 valence electrons. The lowest BCUT2D eigenvalue weighted by atomic mass is 10.1. The van der Waals surface area contributed by atoms with Gasteiger partial charge in [-0.2, -0.15) is 0 Å². The third-order valence-corrected chi connectivity index (χ3v) is 3.52. The van der Waals surface area contributed by atoms with Crippen LogP contribution in [0.5, 0.6) is 0 Å². The van der Waals surface area contributed by atoms with Gasteiger partial charge in [-0.3, -0.25) is 4.79 Å². The summed E-state index contributed by atoms with van der Waals surface area (Å²) in [5.41, 5.74) is 2.72. The van der Waals surface area contributed by atoms with Crippen LogP contribution in [-0.2, 0) is 0 Å². The number of aryl methyl sites for hydroxylation is 1. The predicted octanol–water partition coefficient (Wildman–Crippen LogP) is 2.97. The van der Waals surface area contributed by atoms with Crippen molar-refractivity contribution in [1.29, 1.82) is 0 Å². The summed E-state index contributed by atoms with van der Waals surface area (Å²) in [5, 5.41) is 3.92. The van der Waals surface area contributed by atoms with Crippen molar-refractivity contribution in [1.82, 2.24) is 4.98 Å². The first kappa shape index (κ1) is 10.8. The zero-order valence-corrected chi connectivity index (χ0v) is 9.97. The van der Waals surface area contributed by atoms with E-state index < -0.39 is 0 Å². The number of nitrogens with zero attached hydrogens (tertiary/aromatic N) is 1. The van der Waals surface area contributed by atoms with Crippen molar-refractivity contribution in [2.24, 2.45) is 0 Å². The fraction of sp³-hybridized carbons (Fsp3) is 0.167. The van der Waals surface area contributed by atoms with Gasteiger partial charge in [-0.15, -0.1) is 0 Å². The van der Waals surface area contributed by atoms with Crippen molar-refractivity contribution in [3.05, 3.63) is 35.5 Å². The van der Waals surface area contributed by atoms with E-state index in [2.05, 4.69) is 10.3 Å². The van der Waals surface area contributed by atoms with Gasteiger partial charge in [-0.25, -0.2) is 4.98 Å². The zero-order valence-electron chi connectivity index (χ0n) is 9.15. The maximum absolute atomic E-state index is 10.7. The molecule has 1 heterocycles. The van der Waals surface area contributed by atoms with Gasteiger partial charge in [-0.05, 0) is 18.6 Å². The fourth-order valence-electron chi connectivity index (χ4n) is 1.52. The van der Waals surface area contributed by atoms with Crippen molar-refractivity contribution in [3.63, 3.8) is 0 Å². The molecule has 2 aromatic rings. The summed E-state index contributed by atoms with van der Waals surface area (Å²) >= 11 is 1.59. The molecule has 0 fully saturated rings. The highest BCUT2D eigenvalue weighted by Gasteiger charge is 2.08. The molecule has 1 N–H and O–H groups in total. The number of hydrogen-bond donors (Lipinski definition) is 1. The van der Waals surface area contributed by atoms with Crippen LogP contribution in [0.2, 0.25) is 0 Å². The van der Waals surface area contributed by atoms with Gasteiger partial charge in [-0.1, -0.05) is 29.5 Å². The highest BCUT2D eigenvalue weighted by molar-refractivity contribution is 7.19. The van der Waals surface area contributed by atoms with Crippen molar-refractivity contribution in [3.8, 4) is 10.4 Å². The molecule has 0 spiro atoms. The van der Waals surface area contributed by atoms with Crippen LogP contribution >= 0.6 is 11.3 Å². The fourth-order valence-corrected chi connectivity index (χ4v) is 2.44. The number of aldehydes is 1. The van der Waals surface area contributed by atoms with Crippen molar-refractivity contribution in [2.75, 3.05) is 12.4 Å². The Morgan fingerprint density at radius 1 is 1.44 bits per heavy atom. The van der Waals surface area contributed by atoms with Gasteiger partial charge < -0.3 is 5.32 Å². The summed E-state index contributed by atoms with van der Waals surface area (Å²) < 4.78 is 0. The Balaban J connectivity index is 2.48. The van der Waals surface area contributed by atoms with E-state index in [1.54, 1.807) is 17.4 Å². The van der Waals surface area contributed by atoms with Gasteiger partial charge in [0.1, 0.15) is 6.29 Å². The lowest BCUT2D eigenvalue weighted by Crippen LogP contribution is -1.85. The minimum atomic E-state index is 0.691. The number of carbonyl (C=O) groups excluding carboxylic acids is 1. The van der Waals surface area contributed by atoms with Crippen LogP contribution in [0.1, 0.15) is 16.1 Å². The maximum atomic E-state index is 10.7. The molecule has 16 heavy (non-hydrogen) atoms. The van der Waals surface area contributed by atoms with Crippen LogP contribution < -0.4 is 5.32 Å². The Bertz CT molecular complexity index is 519. The Kier molecular flexibility index (Phi) is 3.01. The van der Waals surface area contributed by atoms with E-state index in [9.17, 15) is 4.79 Å². The average Bonchev–Trinajstić information content (AvgIpc) is 2.71. The lowest BCUT2D eigenvalue weighted by Gasteiger charge is -1.98. The van der Waals surface area contributed by atoms with Crippen molar-refractivity contribution in [2.45, 2.75) is 6.92 Å². The summed E-state index contributed by atoms with van der Waals surface area (Å²) in [5.74, 6) is 0. The number of thiazole rings is 1. The van der Waals surface area contributed by atoms with Gasteiger partial charge in [0.2, 0.25) is 0 Å². The maximum Gasteiger partial charge on any atom is 0.183 e. The highest BCUT2D eigenvalue weighted by Crippen LogP contribution is 2.32. The number of hydrogen-bond acceptors (Lipinski definition) is 4. The van der Waals surface area contributed by atoms with E-state index in [0.717, 1.165) is 27.6 Å². The topological polar surface area (TPSA) is 42.0 Å². The van der Waals surface area contributed by atoms with Crippen molar-refractivity contribution >= 4 is 22.8 Å². The van der Waals surface area contributed by atoms with Crippen LogP contribution in [0.25, 0.3) is 10.4 Å². The molecule has 0 saturated carbocycles. The third-order valence-electron chi connectivity index (χ3n) is 2.30. The monoisotopic (exact) mass is 232 g/mol. The lowest BCUT2D eigenvalue weighted by molar-refractivity contribution is 0.112. The first-order valence-electron chi connectivity index (χ1n) is 4.95. The molecule has 2 rings (SSSR count). The molecule has 0 radical (unpaired) electrons. The number of carbonyl (C=O) groups is 1. The van der Waals surface area contributed by atoms with Gasteiger partial charge in [0.25, 0.3) is 0 Å². The molecule has 1 aromatic carbocycles. The second-order valence-corrected chi connectivity index (χ2v) is 4.43. The van der Waals surface area contributed by atoms with E-state index >= 15 is 0 Å². The van der Waals surface area contributed by atoms with E-state index in [4.69, 9.17) is 0 Å². The van der Waals surface area contributed by atoms with Gasteiger partial charge >= 0.3 is 0 Å². The summed E-state index contributed by atoms with van der Waals surface area (Å²) in [6.07, 6.45) is 0.860. The minimum Gasteiger partial charge on any atom is -0.365 e. The molecule has 0 aliphatic heterocycles. The van der Waals surface area contributed by atoms with Crippen LogP contribution in [0.15, 0.2) is 24.3 Å². The Morgan fingerprint density at radius 3 is 2.88 bits per heavy atom. The molecule has 1 aromatic heterocycles. The largest absolute Gasteiger partial charge is 0.365 e. The minimum absolute atomic E-state index is 0.691. The molecule has 0 bridgehead atoms. The third kappa shape index (κ3) is 1.97. The zero-order chi connectivity index (χ0) is 11.5.